The van der Waals surface area contributed by atoms with Gasteiger partial charge in [0.25, 0.3) is 5.91 Å². The molecule has 1 aromatic carbocycles. The molecule has 0 spiro atoms. The Hall–Kier alpha value is -1.55. The largest absolute Gasteiger partial charge is 0.480 e. The van der Waals surface area contributed by atoms with Crippen molar-refractivity contribution in [3.05, 3.63) is 29.8 Å². The third-order valence-electron chi connectivity index (χ3n) is 2.82. The van der Waals surface area contributed by atoms with Gasteiger partial charge in [0.1, 0.15) is 5.75 Å². The summed E-state index contributed by atoms with van der Waals surface area (Å²) in [5.41, 5.74) is 1.01. The van der Waals surface area contributed by atoms with Crippen molar-refractivity contribution in [3.8, 4) is 5.75 Å². The molecule has 1 aromatic rings. The van der Waals surface area contributed by atoms with Crippen molar-refractivity contribution in [2.75, 3.05) is 20.2 Å². The number of aliphatic hydroxyl groups is 1. The zero-order valence-electron chi connectivity index (χ0n) is 11.2. The highest BCUT2D eigenvalue weighted by molar-refractivity contribution is 5.81. The number of ether oxygens (including phenoxy) is 1. The number of rotatable bonds is 6. The molecule has 0 aliphatic carbocycles. The normalized spacial score (nSPS) is 12.0. The summed E-state index contributed by atoms with van der Waals surface area (Å²) in [6.45, 7) is 4.15. The monoisotopic (exact) mass is 251 g/mol. The first-order chi connectivity index (χ1) is 8.60. The van der Waals surface area contributed by atoms with Crippen molar-refractivity contribution in [1.29, 1.82) is 0 Å². The second-order valence-corrected chi connectivity index (χ2v) is 4.26. The third-order valence-corrected chi connectivity index (χ3v) is 2.82. The van der Waals surface area contributed by atoms with Crippen LogP contribution in [-0.2, 0) is 4.79 Å². The molecule has 0 aromatic heterocycles. The fourth-order valence-electron chi connectivity index (χ4n) is 1.66. The Morgan fingerprint density at radius 2 is 2.11 bits per heavy atom. The minimum absolute atomic E-state index is 0.0387. The van der Waals surface area contributed by atoms with Crippen molar-refractivity contribution in [2.24, 2.45) is 0 Å². The van der Waals surface area contributed by atoms with Gasteiger partial charge in [0.05, 0.1) is 6.61 Å². The van der Waals surface area contributed by atoms with Gasteiger partial charge in [-0.05, 0) is 25.0 Å². The lowest BCUT2D eigenvalue weighted by Gasteiger charge is -2.23. The SMILES string of the molecule is CCC(Oc1ccccc1C)C(=O)N(C)CCO. The molecular weight excluding hydrogens is 230 g/mol. The van der Waals surface area contributed by atoms with Gasteiger partial charge in [0.15, 0.2) is 6.10 Å². The molecule has 0 aliphatic rings. The summed E-state index contributed by atoms with van der Waals surface area (Å²) in [7, 11) is 1.67. The zero-order chi connectivity index (χ0) is 13.5. The van der Waals surface area contributed by atoms with Gasteiger partial charge in [-0.15, -0.1) is 0 Å². The Labute approximate surface area is 108 Å². The molecule has 0 saturated carbocycles. The molecule has 1 unspecified atom stereocenters. The smallest absolute Gasteiger partial charge is 0.263 e. The van der Waals surface area contributed by atoms with Crippen LogP contribution in [0.25, 0.3) is 0 Å². The number of carbonyl (C=O) groups is 1. The molecule has 1 atom stereocenters. The molecule has 1 amide bonds. The number of hydrogen-bond acceptors (Lipinski definition) is 3. The number of benzene rings is 1. The van der Waals surface area contributed by atoms with E-state index in [0.717, 1.165) is 11.3 Å². The van der Waals surface area contributed by atoms with Gasteiger partial charge in [-0.1, -0.05) is 25.1 Å². The van der Waals surface area contributed by atoms with Crippen LogP contribution in [0.4, 0.5) is 0 Å². The van der Waals surface area contributed by atoms with Crippen molar-refractivity contribution < 1.29 is 14.6 Å². The molecule has 0 saturated heterocycles. The van der Waals surface area contributed by atoms with Crippen LogP contribution < -0.4 is 4.74 Å². The van der Waals surface area contributed by atoms with E-state index in [4.69, 9.17) is 9.84 Å². The lowest BCUT2D eigenvalue weighted by atomic mass is 10.2. The molecule has 18 heavy (non-hydrogen) atoms. The van der Waals surface area contributed by atoms with Crippen molar-refractivity contribution in [3.63, 3.8) is 0 Å². The van der Waals surface area contributed by atoms with Gasteiger partial charge < -0.3 is 14.7 Å². The summed E-state index contributed by atoms with van der Waals surface area (Å²) in [4.78, 5) is 13.6. The first-order valence-electron chi connectivity index (χ1n) is 6.18. The average Bonchev–Trinajstić information content (AvgIpc) is 2.37. The Morgan fingerprint density at radius 1 is 1.44 bits per heavy atom. The fourth-order valence-corrected chi connectivity index (χ4v) is 1.66. The Kier molecular flexibility index (Phi) is 5.65. The number of amides is 1. The molecule has 0 radical (unpaired) electrons. The number of nitrogens with zero attached hydrogens (tertiary/aromatic N) is 1. The first kappa shape index (κ1) is 14.5. The number of carbonyl (C=O) groups excluding carboxylic acids is 1. The fraction of sp³-hybridized carbons (Fsp3) is 0.500. The van der Waals surface area contributed by atoms with E-state index in [-0.39, 0.29) is 12.5 Å². The number of para-hydroxylation sites is 1. The quantitative estimate of drug-likeness (QED) is 0.835. The predicted molar refractivity (Wildman–Crippen MR) is 70.6 cm³/mol. The summed E-state index contributed by atoms with van der Waals surface area (Å²) < 4.78 is 5.75. The maximum Gasteiger partial charge on any atom is 0.263 e. The van der Waals surface area contributed by atoms with Gasteiger partial charge in [0, 0.05) is 13.6 Å². The van der Waals surface area contributed by atoms with Crippen molar-refractivity contribution >= 4 is 5.91 Å². The van der Waals surface area contributed by atoms with E-state index in [1.54, 1.807) is 7.05 Å². The summed E-state index contributed by atoms with van der Waals surface area (Å²) in [6.07, 6.45) is 0.103. The lowest BCUT2D eigenvalue weighted by molar-refractivity contribution is -0.137. The van der Waals surface area contributed by atoms with E-state index < -0.39 is 6.10 Å². The van der Waals surface area contributed by atoms with E-state index in [0.29, 0.717) is 13.0 Å². The van der Waals surface area contributed by atoms with Crippen LogP contribution in [0.2, 0.25) is 0 Å². The molecule has 4 nitrogen and oxygen atoms in total. The molecule has 100 valence electrons. The van der Waals surface area contributed by atoms with Crippen LogP contribution in [0, 0.1) is 6.92 Å². The highest BCUT2D eigenvalue weighted by Gasteiger charge is 2.22. The van der Waals surface area contributed by atoms with Gasteiger partial charge in [-0.25, -0.2) is 0 Å². The van der Waals surface area contributed by atoms with Crippen molar-refractivity contribution in [2.45, 2.75) is 26.4 Å². The summed E-state index contributed by atoms with van der Waals surface area (Å²) in [5.74, 6) is 0.630. The minimum atomic E-state index is -0.498. The molecule has 0 heterocycles. The van der Waals surface area contributed by atoms with Crippen LogP contribution in [-0.4, -0.2) is 42.2 Å². The van der Waals surface area contributed by atoms with Gasteiger partial charge in [-0.3, -0.25) is 4.79 Å². The van der Waals surface area contributed by atoms with E-state index in [9.17, 15) is 4.79 Å². The lowest BCUT2D eigenvalue weighted by Crippen LogP contribution is -2.40. The highest BCUT2D eigenvalue weighted by atomic mass is 16.5. The summed E-state index contributed by atoms with van der Waals surface area (Å²) >= 11 is 0. The molecular formula is C14H21NO3. The summed E-state index contributed by atoms with van der Waals surface area (Å²) in [5, 5.41) is 8.84. The Bertz CT molecular complexity index is 392. The zero-order valence-corrected chi connectivity index (χ0v) is 11.2. The second-order valence-electron chi connectivity index (χ2n) is 4.26. The van der Waals surface area contributed by atoms with E-state index in [1.165, 1.54) is 4.90 Å². The predicted octanol–water partition coefficient (Wildman–Crippen LogP) is 1.60. The number of hydrogen-bond donors (Lipinski definition) is 1. The average molecular weight is 251 g/mol. The maximum atomic E-state index is 12.1. The molecule has 0 aliphatic heterocycles. The van der Waals surface area contributed by atoms with E-state index in [2.05, 4.69) is 0 Å². The maximum absolute atomic E-state index is 12.1. The third kappa shape index (κ3) is 3.74. The van der Waals surface area contributed by atoms with E-state index >= 15 is 0 Å². The summed E-state index contributed by atoms with van der Waals surface area (Å²) in [6, 6.07) is 7.63. The highest BCUT2D eigenvalue weighted by Crippen LogP contribution is 2.19. The molecule has 0 fully saturated rings. The van der Waals surface area contributed by atoms with Crippen LogP contribution in [0.15, 0.2) is 24.3 Å². The van der Waals surface area contributed by atoms with Gasteiger partial charge in [-0.2, -0.15) is 0 Å². The molecule has 0 bridgehead atoms. The number of likely N-dealkylation sites (N-methyl/N-ethyl adjacent to an activating group) is 1. The standard InChI is InChI=1S/C14H21NO3/c1-4-12(14(17)15(3)9-10-16)18-13-8-6-5-7-11(13)2/h5-8,12,16H,4,9-10H2,1-3H3. The van der Waals surface area contributed by atoms with Gasteiger partial charge >= 0.3 is 0 Å². The van der Waals surface area contributed by atoms with Crippen LogP contribution in [0.1, 0.15) is 18.9 Å². The Balaban J connectivity index is 2.73. The Morgan fingerprint density at radius 3 is 2.67 bits per heavy atom. The first-order valence-corrected chi connectivity index (χ1v) is 6.18. The van der Waals surface area contributed by atoms with E-state index in [1.807, 2.05) is 38.1 Å². The van der Waals surface area contributed by atoms with Gasteiger partial charge in [0.2, 0.25) is 0 Å². The minimum Gasteiger partial charge on any atom is -0.480 e. The second kappa shape index (κ2) is 7.01. The molecule has 4 heteroatoms. The van der Waals surface area contributed by atoms with Crippen LogP contribution >= 0.6 is 0 Å². The van der Waals surface area contributed by atoms with Crippen molar-refractivity contribution in [1.82, 2.24) is 4.90 Å². The van der Waals surface area contributed by atoms with Crippen LogP contribution in [0.5, 0.6) is 5.75 Å². The number of aryl methyl sites for hydroxylation is 1. The molecule has 1 rings (SSSR count). The molecule has 1 N–H and O–H groups in total. The number of aliphatic hydroxyl groups excluding tert-OH is 1. The topological polar surface area (TPSA) is 49.8 Å². The van der Waals surface area contributed by atoms with Crippen LogP contribution in [0.3, 0.4) is 0 Å².